The van der Waals surface area contributed by atoms with Crippen molar-refractivity contribution in [1.82, 2.24) is 9.13 Å². The number of aromatic nitrogens is 2. The van der Waals surface area contributed by atoms with Crippen LogP contribution in [0, 0.1) is 0 Å². The van der Waals surface area contributed by atoms with Crippen molar-refractivity contribution in [2.75, 3.05) is 11.8 Å². The zero-order chi connectivity index (χ0) is 21.8. The first-order chi connectivity index (χ1) is 15.7. The van der Waals surface area contributed by atoms with Crippen molar-refractivity contribution >= 4 is 50.8 Å². The van der Waals surface area contributed by atoms with Gasteiger partial charge in [-0.1, -0.05) is 36.4 Å². The number of ketones is 1. The lowest BCUT2D eigenvalue weighted by Gasteiger charge is -2.19. The number of alkyl halides is 2. The van der Waals surface area contributed by atoms with Crippen LogP contribution in [-0.4, -0.2) is 26.7 Å². The van der Waals surface area contributed by atoms with Gasteiger partial charge in [-0.25, -0.2) is 0 Å². The minimum atomic E-state index is -0.371. The molecule has 0 bridgehead atoms. The number of rotatable bonds is 6. The normalized spacial score (nSPS) is 17.1. The molecule has 0 aliphatic carbocycles. The lowest BCUT2D eigenvalue weighted by molar-refractivity contribution is -0.121. The van der Waals surface area contributed by atoms with Crippen LogP contribution < -0.4 is 0 Å². The summed E-state index contributed by atoms with van der Waals surface area (Å²) in [5, 5.41) is 2.33. The Labute approximate surface area is 197 Å². The molecule has 5 heteroatoms. The van der Waals surface area contributed by atoms with E-state index in [1.807, 2.05) is 0 Å². The van der Waals surface area contributed by atoms with E-state index in [1.54, 1.807) is 0 Å². The first kappa shape index (κ1) is 20.4. The lowest BCUT2D eigenvalue weighted by atomic mass is 9.85. The highest BCUT2D eigenvalue weighted by molar-refractivity contribution is 6.23. The number of halogens is 2. The summed E-state index contributed by atoms with van der Waals surface area (Å²) < 4.78 is 4.62. The molecule has 0 amide bonds. The van der Waals surface area contributed by atoms with Crippen molar-refractivity contribution < 1.29 is 4.79 Å². The summed E-state index contributed by atoms with van der Waals surface area (Å²) in [5.41, 5.74) is 7.37. The van der Waals surface area contributed by atoms with E-state index in [0.29, 0.717) is 0 Å². The number of carbonyl (C=O) groups is 1. The van der Waals surface area contributed by atoms with E-state index in [4.69, 9.17) is 23.2 Å². The van der Waals surface area contributed by atoms with Gasteiger partial charge in [0, 0.05) is 48.0 Å². The minimum absolute atomic E-state index is 0.127. The monoisotopic (exact) mass is 464 g/mol. The summed E-state index contributed by atoms with van der Waals surface area (Å²) in [6, 6.07) is 12.9. The maximum Gasteiger partial charge on any atom is 0.150 e. The number of carbonyl (C=O) groups excluding carboxylic acids is 1. The third-order valence-corrected chi connectivity index (χ3v) is 8.08. The summed E-state index contributed by atoms with van der Waals surface area (Å²) in [4.78, 5) is 14.0. The fourth-order valence-corrected chi connectivity index (χ4v) is 6.63. The van der Waals surface area contributed by atoms with Crippen LogP contribution in [0.4, 0.5) is 0 Å². The molecular weight excluding hydrogens is 439 g/mol. The highest BCUT2D eigenvalue weighted by Crippen LogP contribution is 2.39. The predicted molar refractivity (Wildman–Crippen MR) is 132 cm³/mol. The summed E-state index contributed by atoms with van der Waals surface area (Å²) in [5.74, 6) is -0.0883. The van der Waals surface area contributed by atoms with Gasteiger partial charge in [0.15, 0.2) is 0 Å². The van der Waals surface area contributed by atoms with Crippen LogP contribution in [0.2, 0.25) is 0 Å². The first-order valence-electron chi connectivity index (χ1n) is 11.6. The average Bonchev–Trinajstić information content (AvgIpc) is 3.38. The molecule has 2 atom stereocenters. The van der Waals surface area contributed by atoms with Gasteiger partial charge in [-0.2, -0.15) is 0 Å². The van der Waals surface area contributed by atoms with Crippen LogP contribution in [0.5, 0.6) is 0 Å². The number of aryl methyl sites for hydroxylation is 4. The molecule has 0 saturated carbocycles. The zero-order valence-electron chi connectivity index (χ0n) is 18.0. The Morgan fingerprint density at radius 3 is 1.69 bits per heavy atom. The number of hydrogen-bond donors (Lipinski definition) is 0. The Morgan fingerprint density at radius 2 is 1.25 bits per heavy atom. The summed E-state index contributed by atoms with van der Waals surface area (Å²) in [6.07, 6.45) is 8.77. The Bertz CT molecular complexity index is 1250. The Hall–Kier alpha value is -2.23. The zero-order valence-corrected chi connectivity index (χ0v) is 19.5. The third-order valence-electron chi connectivity index (χ3n) is 7.46. The number of para-hydroxylation sites is 2. The van der Waals surface area contributed by atoms with Crippen molar-refractivity contribution in [1.29, 1.82) is 0 Å². The highest BCUT2D eigenvalue weighted by atomic mass is 35.5. The second kappa shape index (κ2) is 7.97. The maximum absolute atomic E-state index is 14.0. The van der Waals surface area contributed by atoms with Gasteiger partial charge in [0.1, 0.15) is 5.78 Å². The summed E-state index contributed by atoms with van der Waals surface area (Å²) in [7, 11) is 0. The lowest BCUT2D eigenvalue weighted by Crippen LogP contribution is -2.23. The molecule has 2 unspecified atom stereocenters. The van der Waals surface area contributed by atoms with Crippen LogP contribution in [0.15, 0.2) is 48.8 Å². The molecule has 6 rings (SSSR count). The molecule has 2 aromatic heterocycles. The summed E-state index contributed by atoms with van der Waals surface area (Å²) >= 11 is 13.0. The molecule has 2 aliphatic heterocycles. The molecule has 2 aliphatic rings. The predicted octanol–water partition coefficient (Wildman–Crippen LogP) is 6.40. The van der Waals surface area contributed by atoms with Crippen molar-refractivity contribution in [3.8, 4) is 0 Å². The molecule has 0 N–H and O–H groups in total. The number of hydrogen-bond acceptors (Lipinski definition) is 1. The van der Waals surface area contributed by atoms with Gasteiger partial charge < -0.3 is 9.13 Å². The van der Waals surface area contributed by atoms with Crippen LogP contribution in [-0.2, 0) is 30.7 Å². The quantitative estimate of drug-likeness (QED) is 0.303. The Morgan fingerprint density at radius 1 is 0.781 bits per heavy atom. The average molecular weight is 465 g/mol. The SMILES string of the molecule is O=C(C(CCl)c1cn2c3c(cccc13)CCC2)C(CCl)c1cn2c3c(cccc13)CCC2. The van der Waals surface area contributed by atoms with Crippen LogP contribution in [0.3, 0.4) is 0 Å². The molecular formula is C27H26Cl2N2O. The van der Waals surface area contributed by atoms with E-state index in [0.717, 1.165) is 60.7 Å². The van der Waals surface area contributed by atoms with Crippen molar-refractivity contribution in [3.05, 3.63) is 71.0 Å². The standard InChI is InChI=1S/C27H26Cl2N2O/c28-13-21(23-15-30-11-3-7-17-5-1-9-19(23)25(17)30)27(32)22(14-29)24-16-31-12-4-8-18-6-2-10-20(24)26(18)31/h1-2,5-6,9-10,15-16,21-22H,3-4,7-8,11-14H2. The van der Waals surface area contributed by atoms with E-state index in [9.17, 15) is 4.79 Å². The summed E-state index contributed by atoms with van der Waals surface area (Å²) in [6.45, 7) is 1.98. The number of nitrogens with zero attached hydrogens (tertiary/aromatic N) is 2. The van der Waals surface area contributed by atoms with E-state index in [-0.39, 0.29) is 29.4 Å². The largest absolute Gasteiger partial charge is 0.347 e. The van der Waals surface area contributed by atoms with Gasteiger partial charge in [-0.3, -0.25) is 4.79 Å². The van der Waals surface area contributed by atoms with Gasteiger partial charge in [-0.05, 0) is 47.9 Å². The maximum atomic E-state index is 14.0. The van der Waals surface area contributed by atoms with E-state index in [2.05, 4.69) is 57.9 Å². The van der Waals surface area contributed by atoms with Gasteiger partial charge >= 0.3 is 0 Å². The van der Waals surface area contributed by atoms with Crippen molar-refractivity contribution in [3.63, 3.8) is 0 Å². The van der Waals surface area contributed by atoms with Gasteiger partial charge in [-0.15, -0.1) is 23.2 Å². The fraction of sp³-hybridized carbons (Fsp3) is 0.370. The number of benzene rings is 2. The second-order valence-electron chi connectivity index (χ2n) is 9.21. The molecule has 0 radical (unpaired) electrons. The minimum Gasteiger partial charge on any atom is -0.347 e. The van der Waals surface area contributed by atoms with Crippen LogP contribution >= 0.6 is 23.2 Å². The van der Waals surface area contributed by atoms with Gasteiger partial charge in [0.25, 0.3) is 0 Å². The molecule has 2 aromatic carbocycles. The smallest absolute Gasteiger partial charge is 0.150 e. The first-order valence-corrected chi connectivity index (χ1v) is 12.6. The topological polar surface area (TPSA) is 26.9 Å². The van der Waals surface area contributed by atoms with E-state index in [1.165, 1.54) is 22.2 Å². The fourth-order valence-electron chi connectivity index (χ4n) is 5.99. The molecule has 4 aromatic rings. The second-order valence-corrected chi connectivity index (χ2v) is 9.82. The molecule has 0 fully saturated rings. The molecule has 0 spiro atoms. The van der Waals surface area contributed by atoms with E-state index < -0.39 is 0 Å². The van der Waals surface area contributed by atoms with Gasteiger partial charge in [0.2, 0.25) is 0 Å². The number of Topliss-reactive ketones (excluding diaryl/α,β-unsaturated/α-hetero) is 1. The molecule has 164 valence electrons. The highest BCUT2D eigenvalue weighted by Gasteiger charge is 2.33. The molecule has 0 saturated heterocycles. The molecule has 3 nitrogen and oxygen atoms in total. The third kappa shape index (κ3) is 2.98. The molecule has 4 heterocycles. The van der Waals surface area contributed by atoms with Crippen LogP contribution in [0.1, 0.15) is 46.9 Å². The molecule has 32 heavy (non-hydrogen) atoms. The van der Waals surface area contributed by atoms with E-state index >= 15 is 0 Å². The van der Waals surface area contributed by atoms with Crippen molar-refractivity contribution in [2.24, 2.45) is 0 Å². The Balaban J connectivity index is 1.45. The van der Waals surface area contributed by atoms with Gasteiger partial charge in [0.05, 0.1) is 22.9 Å². The van der Waals surface area contributed by atoms with Crippen molar-refractivity contribution in [2.45, 2.75) is 50.6 Å². The van der Waals surface area contributed by atoms with Crippen LogP contribution in [0.25, 0.3) is 21.8 Å². The Kier molecular flexibility index (Phi) is 5.07.